The molecule has 0 atom stereocenters. The number of nitrogens with one attached hydrogen (secondary N) is 1. The molecule has 0 aromatic carbocycles. The molecular weight excluding hydrogens is 226 g/mol. The lowest BCUT2D eigenvalue weighted by Gasteiger charge is -2.35. The van der Waals surface area contributed by atoms with Crippen molar-refractivity contribution in [1.82, 2.24) is 10.3 Å². The van der Waals surface area contributed by atoms with Crippen molar-refractivity contribution < 1.29 is 4.74 Å². The second kappa shape index (κ2) is 5.36. The van der Waals surface area contributed by atoms with E-state index in [4.69, 9.17) is 10.00 Å². The molecule has 96 valence electrons. The van der Waals surface area contributed by atoms with E-state index in [0.717, 1.165) is 30.6 Å². The summed E-state index contributed by atoms with van der Waals surface area (Å²) >= 11 is 0. The quantitative estimate of drug-likeness (QED) is 0.880. The van der Waals surface area contributed by atoms with Crippen LogP contribution in [-0.4, -0.2) is 24.7 Å². The van der Waals surface area contributed by atoms with Crippen LogP contribution in [0.1, 0.15) is 29.7 Å². The van der Waals surface area contributed by atoms with Crippen LogP contribution in [-0.2, 0) is 0 Å². The van der Waals surface area contributed by atoms with E-state index < -0.39 is 0 Å². The summed E-state index contributed by atoms with van der Waals surface area (Å²) in [7, 11) is 1.97. The maximum Gasteiger partial charge on any atom is 0.232 e. The van der Waals surface area contributed by atoms with Gasteiger partial charge >= 0.3 is 0 Å². The van der Waals surface area contributed by atoms with Gasteiger partial charge in [0.2, 0.25) is 5.88 Å². The van der Waals surface area contributed by atoms with Crippen molar-refractivity contribution in [2.45, 2.75) is 32.8 Å². The molecule has 1 aliphatic carbocycles. The highest BCUT2D eigenvalue weighted by atomic mass is 16.5. The van der Waals surface area contributed by atoms with Crippen LogP contribution in [0.15, 0.2) is 6.07 Å². The molecule has 1 aromatic rings. The summed E-state index contributed by atoms with van der Waals surface area (Å²) in [5.41, 5.74) is 2.40. The predicted molar refractivity (Wildman–Crippen MR) is 69.5 cm³/mol. The first-order chi connectivity index (χ1) is 8.63. The highest BCUT2D eigenvalue weighted by Gasteiger charge is 2.31. The molecule has 18 heavy (non-hydrogen) atoms. The van der Waals surface area contributed by atoms with Gasteiger partial charge in [-0.3, -0.25) is 0 Å². The Hall–Kier alpha value is -1.60. The number of nitrogens with zero attached hydrogens (tertiary/aromatic N) is 2. The number of nitriles is 1. The Labute approximate surface area is 108 Å². The van der Waals surface area contributed by atoms with Crippen LogP contribution >= 0.6 is 0 Å². The third-order valence-electron chi connectivity index (χ3n) is 3.39. The Balaban J connectivity index is 2.05. The highest BCUT2D eigenvalue weighted by Crippen LogP contribution is 2.32. The smallest absolute Gasteiger partial charge is 0.232 e. The molecule has 0 saturated heterocycles. The average Bonchev–Trinajstić information content (AvgIpc) is 2.25. The molecule has 1 fully saturated rings. The second-order valence-corrected chi connectivity index (χ2v) is 5.01. The van der Waals surface area contributed by atoms with Gasteiger partial charge in [-0.1, -0.05) is 0 Å². The van der Waals surface area contributed by atoms with Gasteiger partial charge in [-0.25, -0.2) is 4.98 Å². The standard InChI is InChI=1S/C14H19N3O/c1-9-4-10(2)17-14(13(9)7-15)18-12-5-11(6-12)8-16-3/h4,11-12,16H,5-6,8H2,1-3H3. The molecule has 1 saturated carbocycles. The molecule has 2 rings (SSSR count). The first-order valence-corrected chi connectivity index (χ1v) is 6.33. The Morgan fingerprint density at radius 3 is 2.83 bits per heavy atom. The lowest BCUT2D eigenvalue weighted by Crippen LogP contribution is -2.39. The minimum absolute atomic E-state index is 0.212. The normalized spacial score (nSPS) is 22.1. The lowest BCUT2D eigenvalue weighted by molar-refractivity contribution is 0.0612. The molecule has 0 radical (unpaired) electrons. The van der Waals surface area contributed by atoms with Gasteiger partial charge in [-0.15, -0.1) is 0 Å². The fourth-order valence-electron chi connectivity index (χ4n) is 2.41. The van der Waals surface area contributed by atoms with Gasteiger partial charge in [0.1, 0.15) is 17.7 Å². The monoisotopic (exact) mass is 245 g/mol. The largest absolute Gasteiger partial charge is 0.473 e. The van der Waals surface area contributed by atoms with Crippen LogP contribution in [0.2, 0.25) is 0 Å². The van der Waals surface area contributed by atoms with Crippen molar-refractivity contribution in [2.24, 2.45) is 5.92 Å². The Morgan fingerprint density at radius 2 is 2.22 bits per heavy atom. The zero-order valence-electron chi connectivity index (χ0n) is 11.2. The maximum absolute atomic E-state index is 9.15. The molecule has 1 aliphatic rings. The summed E-state index contributed by atoms with van der Waals surface area (Å²) in [6.07, 6.45) is 2.30. The van der Waals surface area contributed by atoms with E-state index >= 15 is 0 Å². The van der Waals surface area contributed by atoms with Crippen LogP contribution in [0.5, 0.6) is 5.88 Å². The third kappa shape index (κ3) is 2.62. The fraction of sp³-hybridized carbons (Fsp3) is 0.571. The predicted octanol–water partition coefficient (Wildman–Crippen LogP) is 1.95. The number of rotatable bonds is 4. The summed E-state index contributed by atoms with van der Waals surface area (Å²) in [5.74, 6) is 1.19. The molecule has 0 spiro atoms. The van der Waals surface area contributed by atoms with Crippen LogP contribution in [0.4, 0.5) is 0 Å². The van der Waals surface area contributed by atoms with E-state index in [1.807, 2.05) is 27.0 Å². The van der Waals surface area contributed by atoms with E-state index in [-0.39, 0.29) is 6.10 Å². The van der Waals surface area contributed by atoms with E-state index in [9.17, 15) is 0 Å². The molecule has 0 aliphatic heterocycles. The fourth-order valence-corrected chi connectivity index (χ4v) is 2.41. The van der Waals surface area contributed by atoms with Gasteiger partial charge in [0, 0.05) is 5.69 Å². The molecule has 0 bridgehead atoms. The summed E-state index contributed by atoms with van der Waals surface area (Å²) in [6, 6.07) is 4.09. The van der Waals surface area contributed by atoms with Crippen molar-refractivity contribution in [3.8, 4) is 11.9 Å². The first kappa shape index (κ1) is 12.8. The molecule has 1 heterocycles. The number of aromatic nitrogens is 1. The maximum atomic E-state index is 9.15. The third-order valence-corrected chi connectivity index (χ3v) is 3.39. The second-order valence-electron chi connectivity index (χ2n) is 5.01. The van der Waals surface area contributed by atoms with E-state index in [0.29, 0.717) is 17.4 Å². The van der Waals surface area contributed by atoms with E-state index in [1.54, 1.807) is 0 Å². The zero-order chi connectivity index (χ0) is 13.1. The minimum atomic E-state index is 0.212. The van der Waals surface area contributed by atoms with Crippen LogP contribution in [0, 0.1) is 31.1 Å². The highest BCUT2D eigenvalue weighted by molar-refractivity contribution is 5.45. The molecular formula is C14H19N3O. The van der Waals surface area contributed by atoms with E-state index in [1.165, 1.54) is 0 Å². The van der Waals surface area contributed by atoms with Gasteiger partial charge in [0.15, 0.2) is 0 Å². The van der Waals surface area contributed by atoms with Crippen LogP contribution in [0.3, 0.4) is 0 Å². The number of ether oxygens (including phenoxy) is 1. The summed E-state index contributed by atoms with van der Waals surface area (Å²) in [5, 5.41) is 12.3. The Kier molecular flexibility index (Phi) is 3.83. The Bertz CT molecular complexity index is 473. The topological polar surface area (TPSA) is 57.9 Å². The number of hydrogen-bond acceptors (Lipinski definition) is 4. The van der Waals surface area contributed by atoms with Crippen molar-refractivity contribution in [3.63, 3.8) is 0 Å². The van der Waals surface area contributed by atoms with E-state index in [2.05, 4.69) is 16.4 Å². The molecule has 1 N–H and O–H groups in total. The molecule has 1 aromatic heterocycles. The zero-order valence-corrected chi connectivity index (χ0v) is 11.2. The summed E-state index contributed by atoms with van der Waals surface area (Å²) in [4.78, 5) is 4.34. The van der Waals surface area contributed by atoms with Crippen molar-refractivity contribution >= 4 is 0 Å². The van der Waals surface area contributed by atoms with Gasteiger partial charge < -0.3 is 10.1 Å². The first-order valence-electron chi connectivity index (χ1n) is 6.33. The van der Waals surface area contributed by atoms with Crippen molar-refractivity contribution in [2.75, 3.05) is 13.6 Å². The molecule has 4 heteroatoms. The summed E-state index contributed by atoms with van der Waals surface area (Å²) < 4.78 is 5.85. The molecule has 0 amide bonds. The average molecular weight is 245 g/mol. The molecule has 0 unspecified atom stereocenters. The van der Waals surface area contributed by atoms with Gasteiger partial charge in [-0.2, -0.15) is 5.26 Å². The van der Waals surface area contributed by atoms with Gasteiger partial charge in [0.05, 0.1) is 0 Å². The van der Waals surface area contributed by atoms with Gasteiger partial charge in [-0.05, 0) is 57.8 Å². The SMILES string of the molecule is CNCC1CC(Oc2nc(C)cc(C)c2C#N)C1. The van der Waals surface area contributed by atoms with Gasteiger partial charge in [0.25, 0.3) is 0 Å². The van der Waals surface area contributed by atoms with Crippen molar-refractivity contribution in [3.05, 3.63) is 22.9 Å². The molecule has 4 nitrogen and oxygen atoms in total. The summed E-state index contributed by atoms with van der Waals surface area (Å²) in [6.45, 7) is 4.88. The number of aryl methyl sites for hydroxylation is 2. The number of pyridine rings is 1. The van der Waals surface area contributed by atoms with Crippen LogP contribution in [0.25, 0.3) is 0 Å². The number of hydrogen-bond donors (Lipinski definition) is 1. The Morgan fingerprint density at radius 1 is 1.50 bits per heavy atom. The van der Waals surface area contributed by atoms with Crippen molar-refractivity contribution in [1.29, 1.82) is 5.26 Å². The minimum Gasteiger partial charge on any atom is -0.473 e. The lowest BCUT2D eigenvalue weighted by atomic mass is 9.82. The van der Waals surface area contributed by atoms with Crippen LogP contribution < -0.4 is 10.1 Å².